The van der Waals surface area contributed by atoms with Gasteiger partial charge in [-0.15, -0.1) is 0 Å². The molecular weight excluding hydrogens is 355 g/mol. The number of nitrogens with zero attached hydrogens (tertiary/aromatic N) is 1. The van der Waals surface area contributed by atoms with Crippen molar-refractivity contribution in [2.24, 2.45) is 5.10 Å². The molecule has 0 spiro atoms. The van der Waals surface area contributed by atoms with Crippen molar-refractivity contribution in [1.82, 2.24) is 5.43 Å². The number of rotatable bonds is 4. The van der Waals surface area contributed by atoms with Gasteiger partial charge in [0.1, 0.15) is 5.82 Å². The third-order valence-electron chi connectivity index (χ3n) is 2.74. The number of hydrogen-bond donors (Lipinski definition) is 2. The van der Waals surface area contributed by atoms with Gasteiger partial charge in [-0.3, -0.25) is 4.79 Å². The summed E-state index contributed by atoms with van der Waals surface area (Å²) in [6.45, 7) is 0. The van der Waals surface area contributed by atoms with Crippen molar-refractivity contribution in [2.45, 2.75) is 0 Å². The van der Waals surface area contributed by atoms with Gasteiger partial charge in [-0.1, -0.05) is 6.07 Å². The number of phenols is 1. The van der Waals surface area contributed by atoms with Gasteiger partial charge < -0.3 is 9.84 Å². The van der Waals surface area contributed by atoms with Gasteiger partial charge in [0, 0.05) is 5.56 Å². The lowest BCUT2D eigenvalue weighted by molar-refractivity contribution is 0.0954. The number of carbonyl (C=O) groups excluding carboxylic acids is 1. The zero-order valence-corrected chi connectivity index (χ0v) is 13.1. The molecule has 2 aromatic rings. The monoisotopic (exact) mass is 366 g/mol. The Morgan fingerprint density at radius 3 is 2.86 bits per heavy atom. The number of phenolic OH excluding ortho intramolecular Hbond substituents is 1. The topological polar surface area (TPSA) is 70.9 Å². The highest BCUT2D eigenvalue weighted by Gasteiger charge is 2.08. The predicted octanol–water partition coefficient (Wildman–Crippen LogP) is 3.07. The molecule has 2 aromatic carbocycles. The Bertz CT molecular complexity index is 735. The number of ether oxygens (including phenoxy) is 1. The Morgan fingerprint density at radius 2 is 2.18 bits per heavy atom. The number of hydrogen-bond acceptors (Lipinski definition) is 4. The van der Waals surface area contributed by atoms with E-state index in [1.54, 1.807) is 12.1 Å². The molecule has 0 aliphatic rings. The zero-order valence-electron chi connectivity index (χ0n) is 11.5. The highest BCUT2D eigenvalue weighted by Crippen LogP contribution is 2.34. The van der Waals surface area contributed by atoms with Gasteiger partial charge in [0.05, 0.1) is 17.8 Å². The lowest BCUT2D eigenvalue weighted by Crippen LogP contribution is -2.17. The van der Waals surface area contributed by atoms with Crippen LogP contribution in [-0.2, 0) is 0 Å². The van der Waals surface area contributed by atoms with Gasteiger partial charge in [-0.2, -0.15) is 5.10 Å². The molecule has 0 radical (unpaired) electrons. The second-order valence-corrected chi connectivity index (χ2v) is 5.12. The first kappa shape index (κ1) is 16.0. The number of nitrogens with one attached hydrogen (secondary N) is 1. The van der Waals surface area contributed by atoms with E-state index < -0.39 is 11.7 Å². The van der Waals surface area contributed by atoms with E-state index in [2.05, 4.69) is 26.5 Å². The third kappa shape index (κ3) is 3.82. The van der Waals surface area contributed by atoms with E-state index >= 15 is 0 Å². The molecule has 0 atom stereocenters. The lowest BCUT2D eigenvalue weighted by Gasteiger charge is -2.06. The summed E-state index contributed by atoms with van der Waals surface area (Å²) in [5.74, 6) is -0.778. The molecule has 7 heteroatoms. The maximum absolute atomic E-state index is 13.0. The number of hydrazone groups is 1. The van der Waals surface area contributed by atoms with Crippen molar-refractivity contribution in [3.63, 3.8) is 0 Å². The van der Waals surface area contributed by atoms with Crippen LogP contribution in [0, 0.1) is 5.82 Å². The minimum atomic E-state index is -0.527. The van der Waals surface area contributed by atoms with E-state index in [1.807, 2.05) is 0 Å². The summed E-state index contributed by atoms with van der Waals surface area (Å²) in [5, 5.41) is 13.5. The Hall–Kier alpha value is -2.41. The van der Waals surface area contributed by atoms with Crippen LogP contribution in [0.1, 0.15) is 15.9 Å². The van der Waals surface area contributed by atoms with E-state index in [-0.39, 0.29) is 17.1 Å². The average molecular weight is 367 g/mol. The van der Waals surface area contributed by atoms with Crippen molar-refractivity contribution in [3.8, 4) is 11.5 Å². The van der Waals surface area contributed by atoms with Crippen LogP contribution in [0.25, 0.3) is 0 Å². The maximum Gasteiger partial charge on any atom is 0.271 e. The molecule has 1 amide bonds. The molecule has 5 nitrogen and oxygen atoms in total. The van der Waals surface area contributed by atoms with E-state index in [4.69, 9.17) is 4.74 Å². The molecule has 114 valence electrons. The number of aromatic hydroxyl groups is 1. The first-order valence-corrected chi connectivity index (χ1v) is 6.96. The molecule has 0 aromatic heterocycles. The predicted molar refractivity (Wildman–Crippen MR) is 83.8 cm³/mol. The smallest absolute Gasteiger partial charge is 0.271 e. The van der Waals surface area contributed by atoms with Crippen molar-refractivity contribution >= 4 is 28.1 Å². The van der Waals surface area contributed by atoms with Crippen LogP contribution in [0.15, 0.2) is 46.0 Å². The second-order valence-electron chi connectivity index (χ2n) is 4.26. The SMILES string of the molecule is COc1cc(C=NNC(=O)c2cccc(F)c2)cc(Br)c1O. The Labute approximate surface area is 134 Å². The largest absolute Gasteiger partial charge is 0.503 e. The summed E-state index contributed by atoms with van der Waals surface area (Å²) in [4.78, 5) is 11.8. The highest BCUT2D eigenvalue weighted by atomic mass is 79.9. The van der Waals surface area contributed by atoms with Crippen LogP contribution < -0.4 is 10.2 Å². The van der Waals surface area contributed by atoms with Crippen molar-refractivity contribution in [1.29, 1.82) is 0 Å². The normalized spacial score (nSPS) is 10.7. The molecule has 2 N–H and O–H groups in total. The summed E-state index contributed by atoms with van der Waals surface area (Å²) in [6.07, 6.45) is 1.38. The Morgan fingerprint density at radius 1 is 1.41 bits per heavy atom. The summed E-state index contributed by atoms with van der Waals surface area (Å²) < 4.78 is 18.5. The Kier molecular flexibility index (Phi) is 5.11. The molecular formula is C15H12BrFN2O3. The summed E-state index contributed by atoms with van der Waals surface area (Å²) in [5.41, 5.74) is 3.06. The molecule has 0 aliphatic heterocycles. The van der Waals surface area contributed by atoms with Crippen LogP contribution in [0.2, 0.25) is 0 Å². The van der Waals surface area contributed by atoms with Crippen molar-refractivity contribution < 1.29 is 19.0 Å². The van der Waals surface area contributed by atoms with Gasteiger partial charge in [0.2, 0.25) is 0 Å². The number of benzene rings is 2. The van der Waals surface area contributed by atoms with E-state index in [0.29, 0.717) is 10.0 Å². The quantitative estimate of drug-likeness (QED) is 0.645. The first-order valence-electron chi connectivity index (χ1n) is 6.16. The highest BCUT2D eigenvalue weighted by molar-refractivity contribution is 9.10. The minimum absolute atomic E-state index is 0.0246. The minimum Gasteiger partial charge on any atom is -0.503 e. The Balaban J connectivity index is 2.10. The van der Waals surface area contributed by atoms with Gasteiger partial charge in [-0.05, 0) is 51.8 Å². The second kappa shape index (κ2) is 7.04. The van der Waals surface area contributed by atoms with Gasteiger partial charge in [0.15, 0.2) is 11.5 Å². The summed E-state index contributed by atoms with van der Waals surface area (Å²) in [7, 11) is 1.42. The van der Waals surface area contributed by atoms with E-state index in [0.717, 1.165) is 6.07 Å². The van der Waals surface area contributed by atoms with Gasteiger partial charge in [-0.25, -0.2) is 9.82 Å². The number of amides is 1. The van der Waals surface area contributed by atoms with Gasteiger partial charge >= 0.3 is 0 Å². The molecule has 22 heavy (non-hydrogen) atoms. The first-order chi connectivity index (χ1) is 10.5. The van der Waals surface area contributed by atoms with E-state index in [1.165, 1.54) is 31.5 Å². The third-order valence-corrected chi connectivity index (χ3v) is 3.34. The van der Waals surface area contributed by atoms with Crippen LogP contribution in [0.4, 0.5) is 4.39 Å². The van der Waals surface area contributed by atoms with E-state index in [9.17, 15) is 14.3 Å². The average Bonchev–Trinajstić information content (AvgIpc) is 2.50. The zero-order chi connectivity index (χ0) is 16.1. The molecule has 2 rings (SSSR count). The molecule has 0 unspecified atom stereocenters. The fraction of sp³-hybridized carbons (Fsp3) is 0.0667. The molecule has 0 heterocycles. The standard InChI is InChI=1S/C15H12BrFN2O3/c1-22-13-6-9(5-12(16)14(13)20)8-18-19-15(21)10-3-2-4-11(17)7-10/h2-8,20H,1H3,(H,19,21). The molecule has 0 saturated heterocycles. The lowest BCUT2D eigenvalue weighted by atomic mass is 10.2. The number of halogens is 2. The van der Waals surface area contributed by atoms with Gasteiger partial charge in [0.25, 0.3) is 5.91 Å². The molecule has 0 fully saturated rings. The summed E-state index contributed by atoms with van der Waals surface area (Å²) in [6, 6.07) is 8.45. The van der Waals surface area contributed by atoms with Crippen molar-refractivity contribution in [3.05, 3.63) is 57.8 Å². The fourth-order valence-electron chi connectivity index (χ4n) is 1.68. The fourth-order valence-corrected chi connectivity index (χ4v) is 2.14. The van der Waals surface area contributed by atoms with Crippen LogP contribution in [-0.4, -0.2) is 24.3 Å². The molecule has 0 saturated carbocycles. The number of methoxy groups -OCH3 is 1. The van der Waals surface area contributed by atoms with Crippen LogP contribution in [0.5, 0.6) is 11.5 Å². The molecule has 0 aliphatic carbocycles. The maximum atomic E-state index is 13.0. The van der Waals surface area contributed by atoms with Crippen LogP contribution in [0.3, 0.4) is 0 Å². The van der Waals surface area contributed by atoms with Crippen LogP contribution >= 0.6 is 15.9 Å². The van der Waals surface area contributed by atoms with Crippen molar-refractivity contribution in [2.75, 3.05) is 7.11 Å². The summed E-state index contributed by atoms with van der Waals surface area (Å²) >= 11 is 3.18. The number of carbonyl (C=O) groups is 1. The molecule has 0 bridgehead atoms.